The minimum atomic E-state index is -0.748. The van der Waals surface area contributed by atoms with Gasteiger partial charge in [-0.1, -0.05) is 11.6 Å². The van der Waals surface area contributed by atoms with Gasteiger partial charge in [0.1, 0.15) is 16.3 Å². The van der Waals surface area contributed by atoms with E-state index in [2.05, 4.69) is 0 Å². The molecule has 0 saturated carbocycles. The third-order valence-corrected chi connectivity index (χ3v) is 4.49. The van der Waals surface area contributed by atoms with E-state index < -0.39 is 17.6 Å². The van der Waals surface area contributed by atoms with Gasteiger partial charge in [0.05, 0.1) is 19.8 Å². The standard InChI is InChI=1S/C15H17ClN2O5/c1-3-22-15(21)9-6-17-7-10-18(8(2)4-5-23-10)14(20)12(17)11(16)13(9)19/h6,8,10H,3-5,7H2,1-2H3. The summed E-state index contributed by atoms with van der Waals surface area (Å²) in [6.45, 7) is 4.60. The van der Waals surface area contributed by atoms with Crippen LogP contribution in [0.15, 0.2) is 11.0 Å². The maximum absolute atomic E-state index is 12.7. The maximum atomic E-state index is 12.7. The van der Waals surface area contributed by atoms with Crippen molar-refractivity contribution in [3.05, 3.63) is 32.7 Å². The molecule has 0 N–H and O–H groups in total. The van der Waals surface area contributed by atoms with E-state index in [1.165, 1.54) is 10.8 Å². The minimum Gasteiger partial charge on any atom is -0.462 e. The Morgan fingerprint density at radius 1 is 1.48 bits per heavy atom. The van der Waals surface area contributed by atoms with Crippen molar-refractivity contribution in [2.24, 2.45) is 0 Å². The van der Waals surface area contributed by atoms with Crippen LogP contribution in [0.5, 0.6) is 0 Å². The molecule has 1 aromatic heterocycles. The van der Waals surface area contributed by atoms with Crippen LogP contribution in [0.4, 0.5) is 0 Å². The van der Waals surface area contributed by atoms with Gasteiger partial charge in [-0.15, -0.1) is 0 Å². The van der Waals surface area contributed by atoms with Gasteiger partial charge in [0.15, 0.2) is 6.23 Å². The quantitative estimate of drug-likeness (QED) is 0.758. The van der Waals surface area contributed by atoms with E-state index in [0.717, 1.165) is 6.42 Å². The summed E-state index contributed by atoms with van der Waals surface area (Å²) in [5, 5.41) is -0.253. The summed E-state index contributed by atoms with van der Waals surface area (Å²) in [6, 6.07) is 0.00546. The van der Waals surface area contributed by atoms with Gasteiger partial charge in [-0.25, -0.2) is 4.79 Å². The molecule has 23 heavy (non-hydrogen) atoms. The number of hydrogen-bond acceptors (Lipinski definition) is 5. The van der Waals surface area contributed by atoms with Gasteiger partial charge in [0.25, 0.3) is 5.91 Å². The second-order valence-corrected chi connectivity index (χ2v) is 5.96. The zero-order valence-corrected chi connectivity index (χ0v) is 13.6. The molecule has 7 nitrogen and oxygen atoms in total. The van der Waals surface area contributed by atoms with Gasteiger partial charge in [-0.05, 0) is 20.3 Å². The number of halogens is 1. The third-order valence-electron chi connectivity index (χ3n) is 4.14. The third kappa shape index (κ3) is 2.53. The van der Waals surface area contributed by atoms with E-state index in [9.17, 15) is 14.4 Å². The average molecular weight is 341 g/mol. The fraction of sp³-hybridized carbons (Fsp3) is 0.533. The Balaban J connectivity index is 2.11. The van der Waals surface area contributed by atoms with E-state index in [1.807, 2.05) is 6.92 Å². The zero-order chi connectivity index (χ0) is 16.7. The lowest BCUT2D eigenvalue weighted by Crippen LogP contribution is -2.57. The minimum absolute atomic E-state index is 0.00546. The van der Waals surface area contributed by atoms with Crippen molar-refractivity contribution >= 4 is 23.5 Å². The molecule has 0 bridgehead atoms. The molecule has 2 aliphatic heterocycles. The first-order chi connectivity index (χ1) is 11.0. The smallest absolute Gasteiger partial charge is 0.343 e. The highest BCUT2D eigenvalue weighted by Gasteiger charge is 2.40. The van der Waals surface area contributed by atoms with Crippen LogP contribution in [-0.4, -0.2) is 46.8 Å². The molecule has 2 aliphatic rings. The van der Waals surface area contributed by atoms with Crippen molar-refractivity contribution in [1.82, 2.24) is 9.47 Å². The lowest BCUT2D eigenvalue weighted by Gasteiger charge is -2.44. The molecule has 2 unspecified atom stereocenters. The van der Waals surface area contributed by atoms with E-state index >= 15 is 0 Å². The second-order valence-electron chi connectivity index (χ2n) is 5.58. The molecule has 2 atom stereocenters. The number of aromatic nitrogens is 1. The Kier molecular flexibility index (Phi) is 4.16. The van der Waals surface area contributed by atoms with Gasteiger partial charge in [-0.3, -0.25) is 9.59 Å². The van der Waals surface area contributed by atoms with Gasteiger partial charge in [0, 0.05) is 12.2 Å². The van der Waals surface area contributed by atoms with Crippen LogP contribution >= 0.6 is 11.6 Å². The largest absolute Gasteiger partial charge is 0.462 e. The SMILES string of the molecule is CCOC(=O)c1cn2c(c(Cl)c1=O)C(=O)N1C(C)CCOC1C2. The van der Waals surface area contributed by atoms with Crippen LogP contribution in [0.1, 0.15) is 41.1 Å². The Bertz CT molecular complexity index is 729. The van der Waals surface area contributed by atoms with E-state index in [1.54, 1.807) is 11.8 Å². The number of carbonyl (C=O) groups is 2. The van der Waals surface area contributed by atoms with Crippen molar-refractivity contribution < 1.29 is 19.1 Å². The molecule has 1 saturated heterocycles. The number of amides is 1. The number of rotatable bonds is 2. The van der Waals surface area contributed by atoms with E-state index in [0.29, 0.717) is 13.2 Å². The highest BCUT2D eigenvalue weighted by Crippen LogP contribution is 2.28. The first-order valence-corrected chi connectivity index (χ1v) is 7.87. The topological polar surface area (TPSA) is 77.8 Å². The molecule has 124 valence electrons. The molecule has 1 amide bonds. The summed E-state index contributed by atoms with van der Waals surface area (Å²) >= 11 is 6.10. The summed E-state index contributed by atoms with van der Waals surface area (Å²) in [5.74, 6) is -1.10. The number of esters is 1. The molecule has 0 spiro atoms. The Morgan fingerprint density at radius 3 is 2.91 bits per heavy atom. The van der Waals surface area contributed by atoms with Crippen LogP contribution in [0.3, 0.4) is 0 Å². The molecule has 3 rings (SSSR count). The summed E-state index contributed by atoms with van der Waals surface area (Å²) in [7, 11) is 0. The Hall–Kier alpha value is -1.86. The second kappa shape index (κ2) is 5.98. The molecular formula is C15H17ClN2O5. The van der Waals surface area contributed by atoms with E-state index in [4.69, 9.17) is 21.1 Å². The first kappa shape index (κ1) is 16.0. The number of fused-ring (bicyclic) bond motifs is 2. The molecule has 1 fully saturated rings. The van der Waals surface area contributed by atoms with Gasteiger partial charge in [-0.2, -0.15) is 0 Å². The highest BCUT2D eigenvalue weighted by atomic mass is 35.5. The van der Waals surface area contributed by atoms with Crippen molar-refractivity contribution in [2.45, 2.75) is 39.1 Å². The first-order valence-electron chi connectivity index (χ1n) is 7.50. The molecule has 8 heteroatoms. The van der Waals surface area contributed by atoms with Crippen molar-refractivity contribution in [3.63, 3.8) is 0 Å². The van der Waals surface area contributed by atoms with Crippen LogP contribution in [0.2, 0.25) is 5.02 Å². The maximum Gasteiger partial charge on any atom is 0.343 e. The lowest BCUT2D eigenvalue weighted by molar-refractivity contribution is -0.112. The van der Waals surface area contributed by atoms with Crippen LogP contribution in [0, 0.1) is 0 Å². The van der Waals surface area contributed by atoms with Crippen LogP contribution in [-0.2, 0) is 16.0 Å². The van der Waals surface area contributed by atoms with Crippen LogP contribution < -0.4 is 5.43 Å². The Morgan fingerprint density at radius 2 is 2.22 bits per heavy atom. The molecule has 0 aromatic carbocycles. The summed E-state index contributed by atoms with van der Waals surface area (Å²) in [4.78, 5) is 38.5. The fourth-order valence-corrected chi connectivity index (χ4v) is 3.28. The monoisotopic (exact) mass is 340 g/mol. The summed E-state index contributed by atoms with van der Waals surface area (Å²) < 4.78 is 12.0. The van der Waals surface area contributed by atoms with Crippen LogP contribution in [0.25, 0.3) is 0 Å². The van der Waals surface area contributed by atoms with Gasteiger partial charge >= 0.3 is 5.97 Å². The molecule has 1 aromatic rings. The fourth-order valence-electron chi connectivity index (χ4n) is 2.99. The number of ether oxygens (including phenoxy) is 2. The van der Waals surface area contributed by atoms with Gasteiger partial charge in [0.2, 0.25) is 5.43 Å². The molecule has 3 heterocycles. The molecular weight excluding hydrogens is 324 g/mol. The summed E-state index contributed by atoms with van der Waals surface area (Å²) in [5.41, 5.74) is -0.766. The summed E-state index contributed by atoms with van der Waals surface area (Å²) in [6.07, 6.45) is 1.64. The highest BCUT2D eigenvalue weighted by molar-refractivity contribution is 6.33. The number of hydrogen-bond donors (Lipinski definition) is 0. The zero-order valence-electron chi connectivity index (χ0n) is 12.9. The predicted octanol–water partition coefficient (Wildman–Crippen LogP) is 1.27. The van der Waals surface area contributed by atoms with Gasteiger partial charge < -0.3 is 18.9 Å². The number of carbonyl (C=O) groups excluding carboxylic acids is 2. The van der Waals surface area contributed by atoms with Crippen molar-refractivity contribution in [2.75, 3.05) is 13.2 Å². The molecule has 0 aliphatic carbocycles. The molecule has 0 radical (unpaired) electrons. The number of pyridine rings is 1. The lowest BCUT2D eigenvalue weighted by atomic mass is 10.1. The Labute approximate surface area is 137 Å². The predicted molar refractivity (Wildman–Crippen MR) is 81.7 cm³/mol. The number of nitrogens with zero attached hydrogens (tertiary/aromatic N) is 2. The average Bonchev–Trinajstić information content (AvgIpc) is 2.50. The normalized spacial score (nSPS) is 23.3. The van der Waals surface area contributed by atoms with E-state index in [-0.39, 0.29) is 34.8 Å². The van der Waals surface area contributed by atoms with Crippen molar-refractivity contribution in [1.29, 1.82) is 0 Å². The van der Waals surface area contributed by atoms with Crippen molar-refractivity contribution in [3.8, 4) is 0 Å².